The van der Waals surface area contributed by atoms with Crippen LogP contribution in [-0.2, 0) is 4.74 Å². The van der Waals surface area contributed by atoms with Crippen molar-refractivity contribution in [3.8, 4) is 0 Å². The van der Waals surface area contributed by atoms with E-state index in [-0.39, 0.29) is 12.1 Å². The van der Waals surface area contributed by atoms with Gasteiger partial charge in [0.25, 0.3) is 0 Å². The van der Waals surface area contributed by atoms with Crippen molar-refractivity contribution in [3.63, 3.8) is 0 Å². The van der Waals surface area contributed by atoms with Gasteiger partial charge < -0.3 is 10.5 Å². The van der Waals surface area contributed by atoms with E-state index < -0.39 is 0 Å². The Morgan fingerprint density at radius 2 is 2.50 bits per heavy atom. The van der Waals surface area contributed by atoms with Crippen molar-refractivity contribution in [1.82, 2.24) is 0 Å². The van der Waals surface area contributed by atoms with Gasteiger partial charge in [-0.1, -0.05) is 5.11 Å². The molecule has 0 unspecified atom stereocenters. The van der Waals surface area contributed by atoms with Gasteiger partial charge in [-0.2, -0.15) is 0 Å². The van der Waals surface area contributed by atoms with Gasteiger partial charge in [0.15, 0.2) is 0 Å². The molecule has 1 aliphatic rings. The zero-order valence-electron chi connectivity index (χ0n) is 5.60. The fourth-order valence-electron chi connectivity index (χ4n) is 0.958. The topological polar surface area (TPSA) is 84.0 Å². The molecule has 56 valence electrons. The summed E-state index contributed by atoms with van der Waals surface area (Å²) in [6.07, 6.45) is 0.741. The second-order valence-corrected chi connectivity index (χ2v) is 2.30. The monoisotopic (exact) mass is 142 g/mol. The lowest BCUT2D eigenvalue weighted by molar-refractivity contribution is 0.0712. The van der Waals surface area contributed by atoms with E-state index in [1.807, 2.05) is 0 Å². The molecule has 5 nitrogen and oxygen atoms in total. The molecular formula is C5H10N4O. The van der Waals surface area contributed by atoms with E-state index >= 15 is 0 Å². The number of ether oxygens (including phenoxy) is 1. The lowest BCUT2D eigenvalue weighted by Crippen LogP contribution is -2.42. The Balaban J connectivity index is 2.47. The van der Waals surface area contributed by atoms with E-state index in [2.05, 4.69) is 10.0 Å². The van der Waals surface area contributed by atoms with Crippen LogP contribution in [-0.4, -0.2) is 25.3 Å². The van der Waals surface area contributed by atoms with Gasteiger partial charge in [-0.3, -0.25) is 0 Å². The number of hydrogen-bond donors (Lipinski definition) is 1. The summed E-state index contributed by atoms with van der Waals surface area (Å²) in [6.45, 7) is 1.15. The van der Waals surface area contributed by atoms with Crippen molar-refractivity contribution in [3.05, 3.63) is 10.4 Å². The summed E-state index contributed by atoms with van der Waals surface area (Å²) >= 11 is 0. The second kappa shape index (κ2) is 3.41. The average molecular weight is 142 g/mol. The van der Waals surface area contributed by atoms with Crippen LogP contribution < -0.4 is 5.73 Å². The molecule has 0 aromatic heterocycles. The van der Waals surface area contributed by atoms with Crippen molar-refractivity contribution in [2.45, 2.75) is 18.5 Å². The lowest BCUT2D eigenvalue weighted by atomic mass is 10.1. The summed E-state index contributed by atoms with van der Waals surface area (Å²) in [6, 6.07) is -0.191. The molecule has 5 heteroatoms. The highest BCUT2D eigenvalue weighted by molar-refractivity contribution is 4.82. The molecule has 0 spiro atoms. The molecule has 0 aliphatic carbocycles. The first kappa shape index (κ1) is 7.34. The molecule has 0 bridgehead atoms. The summed E-state index contributed by atoms with van der Waals surface area (Å²) in [5.74, 6) is 0. The van der Waals surface area contributed by atoms with Crippen LogP contribution in [0.1, 0.15) is 6.42 Å². The van der Waals surface area contributed by atoms with Crippen LogP contribution in [0.2, 0.25) is 0 Å². The van der Waals surface area contributed by atoms with E-state index in [0.717, 1.165) is 6.42 Å². The van der Waals surface area contributed by atoms with Gasteiger partial charge in [0.05, 0.1) is 12.6 Å². The number of hydrogen-bond acceptors (Lipinski definition) is 3. The van der Waals surface area contributed by atoms with Crippen LogP contribution in [0.4, 0.5) is 0 Å². The van der Waals surface area contributed by atoms with Gasteiger partial charge in [0.2, 0.25) is 0 Å². The van der Waals surface area contributed by atoms with Gasteiger partial charge in [0.1, 0.15) is 0 Å². The molecule has 1 heterocycles. The SMILES string of the molecule is [N-]=[N+]=N[C@@H]1CCOC[C@H]1N. The third-order valence-electron chi connectivity index (χ3n) is 1.56. The van der Waals surface area contributed by atoms with Crippen LogP contribution >= 0.6 is 0 Å². The van der Waals surface area contributed by atoms with Gasteiger partial charge in [0, 0.05) is 17.6 Å². The van der Waals surface area contributed by atoms with Crippen molar-refractivity contribution in [2.75, 3.05) is 13.2 Å². The minimum absolute atomic E-state index is 0.0706. The number of rotatable bonds is 1. The normalized spacial score (nSPS) is 32.9. The summed E-state index contributed by atoms with van der Waals surface area (Å²) < 4.78 is 5.05. The predicted octanol–water partition coefficient (Wildman–Crippen LogP) is 0.413. The van der Waals surface area contributed by atoms with Crippen LogP contribution in [0.15, 0.2) is 5.11 Å². The minimum Gasteiger partial charge on any atom is -0.380 e. The molecule has 0 radical (unpaired) electrons. The Morgan fingerprint density at radius 3 is 3.10 bits per heavy atom. The maximum Gasteiger partial charge on any atom is 0.0621 e. The molecular weight excluding hydrogens is 132 g/mol. The van der Waals surface area contributed by atoms with Gasteiger partial charge in [-0.25, -0.2) is 0 Å². The van der Waals surface area contributed by atoms with E-state index in [1.165, 1.54) is 0 Å². The Morgan fingerprint density at radius 1 is 1.70 bits per heavy atom. The summed E-state index contributed by atoms with van der Waals surface area (Å²) in [5.41, 5.74) is 13.7. The van der Waals surface area contributed by atoms with E-state index in [0.29, 0.717) is 13.2 Å². The maximum atomic E-state index is 8.10. The summed E-state index contributed by atoms with van der Waals surface area (Å²) in [5, 5.41) is 3.54. The maximum absolute atomic E-state index is 8.10. The summed E-state index contributed by atoms with van der Waals surface area (Å²) in [7, 11) is 0. The number of nitrogens with zero attached hydrogens (tertiary/aromatic N) is 3. The van der Waals surface area contributed by atoms with Crippen molar-refractivity contribution < 1.29 is 4.74 Å². The first-order valence-corrected chi connectivity index (χ1v) is 3.22. The van der Waals surface area contributed by atoms with E-state index in [9.17, 15) is 0 Å². The molecule has 1 fully saturated rings. The highest BCUT2D eigenvalue weighted by Gasteiger charge is 2.20. The molecule has 0 amide bonds. The van der Waals surface area contributed by atoms with E-state index in [4.69, 9.17) is 16.0 Å². The zero-order chi connectivity index (χ0) is 7.40. The first-order chi connectivity index (χ1) is 4.84. The fourth-order valence-corrected chi connectivity index (χ4v) is 0.958. The standard InChI is InChI=1S/C5H10N4O/c6-4-3-10-2-1-5(4)8-9-7/h4-5H,1-3,6H2/t4-,5-/m1/s1. The van der Waals surface area contributed by atoms with Gasteiger partial charge in [-0.15, -0.1) is 0 Å². The third-order valence-corrected chi connectivity index (χ3v) is 1.56. The molecule has 2 N–H and O–H groups in total. The quantitative estimate of drug-likeness (QED) is 0.326. The summed E-state index contributed by atoms with van der Waals surface area (Å²) in [4.78, 5) is 2.70. The largest absolute Gasteiger partial charge is 0.380 e. The van der Waals surface area contributed by atoms with Crippen LogP contribution in [0.5, 0.6) is 0 Å². The van der Waals surface area contributed by atoms with E-state index in [1.54, 1.807) is 0 Å². The zero-order valence-corrected chi connectivity index (χ0v) is 5.60. The molecule has 1 aliphatic heterocycles. The molecule has 0 aromatic carbocycles. The molecule has 0 aromatic rings. The Kier molecular flexibility index (Phi) is 2.50. The first-order valence-electron chi connectivity index (χ1n) is 3.22. The number of nitrogens with two attached hydrogens (primary N) is 1. The molecule has 1 saturated heterocycles. The third kappa shape index (κ3) is 1.60. The second-order valence-electron chi connectivity index (χ2n) is 2.30. The Bertz CT molecular complexity index is 154. The number of azide groups is 1. The molecule has 0 saturated carbocycles. The van der Waals surface area contributed by atoms with Crippen LogP contribution in [0.3, 0.4) is 0 Å². The van der Waals surface area contributed by atoms with Gasteiger partial charge >= 0.3 is 0 Å². The highest BCUT2D eigenvalue weighted by atomic mass is 16.5. The van der Waals surface area contributed by atoms with Crippen LogP contribution in [0.25, 0.3) is 10.4 Å². The highest BCUT2D eigenvalue weighted by Crippen LogP contribution is 2.09. The van der Waals surface area contributed by atoms with Gasteiger partial charge in [-0.05, 0) is 12.0 Å². The molecule has 1 rings (SSSR count). The minimum atomic E-state index is -0.121. The lowest BCUT2D eigenvalue weighted by Gasteiger charge is -2.24. The Hall–Kier alpha value is -0.770. The fraction of sp³-hybridized carbons (Fsp3) is 1.00. The molecule has 10 heavy (non-hydrogen) atoms. The molecule has 2 atom stereocenters. The van der Waals surface area contributed by atoms with Crippen LogP contribution in [0, 0.1) is 0 Å². The smallest absolute Gasteiger partial charge is 0.0621 e. The predicted molar refractivity (Wildman–Crippen MR) is 36.3 cm³/mol. The van der Waals surface area contributed by atoms with Crippen molar-refractivity contribution in [1.29, 1.82) is 0 Å². The van der Waals surface area contributed by atoms with Crippen molar-refractivity contribution >= 4 is 0 Å². The van der Waals surface area contributed by atoms with Crippen molar-refractivity contribution in [2.24, 2.45) is 10.8 Å². The Labute approximate surface area is 58.8 Å². The average Bonchev–Trinajstić information content (AvgIpc) is 1.94.